The Bertz CT molecular complexity index is 936. The molecule has 0 aliphatic rings. The van der Waals surface area contributed by atoms with Crippen molar-refractivity contribution in [1.82, 2.24) is 4.72 Å². The number of hydrogen-bond acceptors (Lipinski definition) is 4. The summed E-state index contributed by atoms with van der Waals surface area (Å²) in [5.41, 5.74) is 2.89. The van der Waals surface area contributed by atoms with E-state index in [-0.39, 0.29) is 29.6 Å². The molecule has 6 nitrogen and oxygen atoms in total. The molecular weight excluding hydrogens is 352 g/mol. The van der Waals surface area contributed by atoms with Crippen LogP contribution in [-0.4, -0.2) is 26.7 Å². The first-order valence-electron chi connectivity index (χ1n) is 8.17. The Balaban J connectivity index is 1.92. The van der Waals surface area contributed by atoms with Crippen LogP contribution in [0.1, 0.15) is 34.8 Å². The van der Waals surface area contributed by atoms with Crippen molar-refractivity contribution in [2.75, 3.05) is 11.9 Å². The highest BCUT2D eigenvalue weighted by molar-refractivity contribution is 7.89. The number of aryl methyl sites for hydroxylation is 2. The molecule has 7 heteroatoms. The normalized spacial score (nSPS) is 11.2. The first kappa shape index (κ1) is 19.8. The molecule has 2 rings (SSSR count). The van der Waals surface area contributed by atoms with Crippen LogP contribution in [0.4, 0.5) is 5.69 Å². The van der Waals surface area contributed by atoms with E-state index in [0.717, 1.165) is 11.1 Å². The van der Waals surface area contributed by atoms with Gasteiger partial charge in [-0.1, -0.05) is 18.2 Å². The van der Waals surface area contributed by atoms with Crippen molar-refractivity contribution in [2.45, 2.75) is 32.1 Å². The summed E-state index contributed by atoms with van der Waals surface area (Å²) in [7, 11) is -3.66. The van der Waals surface area contributed by atoms with Crippen LogP contribution < -0.4 is 10.0 Å². The zero-order chi connectivity index (χ0) is 19.3. The molecule has 1 amide bonds. The molecule has 0 fully saturated rings. The van der Waals surface area contributed by atoms with Crippen LogP contribution in [0.2, 0.25) is 0 Å². The largest absolute Gasteiger partial charge is 0.326 e. The summed E-state index contributed by atoms with van der Waals surface area (Å²) in [6.07, 6.45) is -0.0195. The summed E-state index contributed by atoms with van der Waals surface area (Å²) in [5, 5.41) is 2.65. The molecule has 0 saturated heterocycles. The van der Waals surface area contributed by atoms with Gasteiger partial charge in [0.2, 0.25) is 15.9 Å². The first-order valence-corrected chi connectivity index (χ1v) is 9.65. The highest BCUT2D eigenvalue weighted by Crippen LogP contribution is 2.15. The number of hydrogen-bond donors (Lipinski definition) is 2. The minimum Gasteiger partial charge on any atom is -0.326 e. The van der Waals surface area contributed by atoms with Gasteiger partial charge in [0.15, 0.2) is 5.78 Å². The predicted molar refractivity (Wildman–Crippen MR) is 101 cm³/mol. The van der Waals surface area contributed by atoms with E-state index in [2.05, 4.69) is 10.0 Å². The van der Waals surface area contributed by atoms with Gasteiger partial charge in [0, 0.05) is 24.2 Å². The number of sulfonamides is 1. The zero-order valence-corrected chi connectivity index (χ0v) is 15.8. The molecule has 0 aliphatic carbocycles. The van der Waals surface area contributed by atoms with Crippen molar-refractivity contribution < 1.29 is 18.0 Å². The van der Waals surface area contributed by atoms with Gasteiger partial charge in [-0.05, 0) is 56.2 Å². The third-order valence-electron chi connectivity index (χ3n) is 3.99. The molecule has 0 saturated carbocycles. The average molecular weight is 374 g/mol. The highest BCUT2D eigenvalue weighted by Gasteiger charge is 2.15. The molecule has 0 aliphatic heterocycles. The Kier molecular flexibility index (Phi) is 6.28. The number of rotatable bonds is 7. The maximum Gasteiger partial charge on any atom is 0.240 e. The van der Waals surface area contributed by atoms with Crippen molar-refractivity contribution >= 4 is 27.4 Å². The van der Waals surface area contributed by atoms with E-state index in [1.165, 1.54) is 13.0 Å². The van der Waals surface area contributed by atoms with Crippen LogP contribution in [-0.2, 0) is 14.8 Å². The average Bonchev–Trinajstić information content (AvgIpc) is 2.57. The van der Waals surface area contributed by atoms with E-state index in [0.29, 0.717) is 11.3 Å². The quantitative estimate of drug-likeness (QED) is 0.729. The molecule has 2 aromatic carbocycles. The Labute approximate surface area is 153 Å². The van der Waals surface area contributed by atoms with Crippen molar-refractivity contribution in [2.24, 2.45) is 0 Å². The van der Waals surface area contributed by atoms with Crippen LogP contribution in [0, 0.1) is 13.8 Å². The number of carbonyl (C=O) groups excluding carboxylic acids is 2. The fraction of sp³-hybridized carbons (Fsp3) is 0.263. The maximum atomic E-state index is 12.3. The smallest absolute Gasteiger partial charge is 0.240 e. The molecule has 0 radical (unpaired) electrons. The van der Waals surface area contributed by atoms with Gasteiger partial charge in [0.05, 0.1) is 4.90 Å². The number of benzene rings is 2. The van der Waals surface area contributed by atoms with Crippen molar-refractivity contribution in [1.29, 1.82) is 0 Å². The summed E-state index contributed by atoms with van der Waals surface area (Å²) in [5.74, 6) is -0.435. The predicted octanol–water partition coefficient (Wildman–Crippen LogP) is 2.81. The number of carbonyl (C=O) groups is 2. The van der Waals surface area contributed by atoms with E-state index in [9.17, 15) is 18.0 Å². The second kappa shape index (κ2) is 8.25. The maximum absolute atomic E-state index is 12.3. The van der Waals surface area contributed by atoms with Gasteiger partial charge in [0.1, 0.15) is 0 Å². The van der Waals surface area contributed by atoms with E-state index in [1.807, 2.05) is 13.8 Å². The minimum atomic E-state index is -3.66. The number of Topliss-reactive ketones (excluding diaryl/α,β-unsaturated/α-hetero) is 1. The lowest BCUT2D eigenvalue weighted by Gasteiger charge is -2.09. The lowest BCUT2D eigenvalue weighted by Crippen LogP contribution is -2.28. The van der Waals surface area contributed by atoms with Gasteiger partial charge < -0.3 is 5.32 Å². The second-order valence-corrected chi connectivity index (χ2v) is 7.85. The lowest BCUT2D eigenvalue weighted by atomic mass is 10.1. The topological polar surface area (TPSA) is 92.3 Å². The number of anilines is 1. The van der Waals surface area contributed by atoms with Gasteiger partial charge >= 0.3 is 0 Å². The molecule has 2 N–H and O–H groups in total. The van der Waals surface area contributed by atoms with Crippen LogP contribution in [0.3, 0.4) is 0 Å². The lowest BCUT2D eigenvalue weighted by molar-refractivity contribution is -0.116. The molecule has 138 valence electrons. The van der Waals surface area contributed by atoms with Gasteiger partial charge in [-0.25, -0.2) is 13.1 Å². The molecule has 0 bridgehead atoms. The summed E-state index contributed by atoms with van der Waals surface area (Å²) in [6.45, 7) is 5.18. The van der Waals surface area contributed by atoms with Crippen LogP contribution in [0.5, 0.6) is 0 Å². The molecule has 0 aromatic heterocycles. The number of ketones is 1. The molecule has 2 aromatic rings. The number of amides is 1. The third kappa shape index (κ3) is 5.24. The second-order valence-electron chi connectivity index (χ2n) is 6.08. The Morgan fingerprint density at radius 1 is 1.00 bits per heavy atom. The number of nitrogens with one attached hydrogen (secondary N) is 2. The van der Waals surface area contributed by atoms with E-state index in [4.69, 9.17) is 0 Å². The van der Waals surface area contributed by atoms with Gasteiger partial charge in [-0.2, -0.15) is 0 Å². The summed E-state index contributed by atoms with van der Waals surface area (Å²) in [6, 6.07) is 11.5. The fourth-order valence-electron chi connectivity index (χ4n) is 2.30. The Morgan fingerprint density at radius 2 is 1.73 bits per heavy atom. The van der Waals surface area contributed by atoms with Crippen molar-refractivity contribution in [3.8, 4) is 0 Å². The van der Waals surface area contributed by atoms with Crippen molar-refractivity contribution in [3.05, 3.63) is 59.2 Å². The zero-order valence-electron chi connectivity index (χ0n) is 15.0. The van der Waals surface area contributed by atoms with E-state index in [1.54, 1.807) is 36.4 Å². The Morgan fingerprint density at radius 3 is 2.38 bits per heavy atom. The first-order chi connectivity index (χ1) is 12.2. The summed E-state index contributed by atoms with van der Waals surface area (Å²) in [4.78, 5) is 23.5. The monoisotopic (exact) mass is 374 g/mol. The molecular formula is C19H22N2O4S. The SMILES string of the molecule is CC(=O)c1cccc(NC(=O)CCNS(=O)(=O)c2ccc(C)c(C)c2)c1. The standard InChI is InChI=1S/C19H22N2O4S/c1-13-7-8-18(11-14(13)2)26(24,25)20-10-9-19(23)21-17-6-4-5-16(12-17)15(3)22/h4-8,11-12,20H,9-10H2,1-3H3,(H,21,23). The van der Waals surface area contributed by atoms with Crippen LogP contribution in [0.15, 0.2) is 47.4 Å². The van der Waals surface area contributed by atoms with Gasteiger partial charge in [0.25, 0.3) is 0 Å². The minimum absolute atomic E-state index is 0.0195. The van der Waals surface area contributed by atoms with Crippen molar-refractivity contribution in [3.63, 3.8) is 0 Å². The van der Waals surface area contributed by atoms with Gasteiger partial charge in [-0.3, -0.25) is 9.59 Å². The molecule has 0 atom stereocenters. The van der Waals surface area contributed by atoms with Crippen LogP contribution >= 0.6 is 0 Å². The van der Waals surface area contributed by atoms with E-state index < -0.39 is 10.0 Å². The van der Waals surface area contributed by atoms with Gasteiger partial charge in [-0.15, -0.1) is 0 Å². The molecule has 0 heterocycles. The molecule has 0 spiro atoms. The summed E-state index contributed by atoms with van der Waals surface area (Å²) < 4.78 is 27.0. The van der Waals surface area contributed by atoms with Crippen LogP contribution in [0.25, 0.3) is 0 Å². The summed E-state index contributed by atoms with van der Waals surface area (Å²) >= 11 is 0. The molecule has 0 unspecified atom stereocenters. The van der Waals surface area contributed by atoms with E-state index >= 15 is 0 Å². The fourth-order valence-corrected chi connectivity index (χ4v) is 3.42. The highest BCUT2D eigenvalue weighted by atomic mass is 32.2. The third-order valence-corrected chi connectivity index (χ3v) is 5.44. The molecule has 26 heavy (non-hydrogen) atoms. The Hall–Kier alpha value is -2.51.